The zero-order valence-electron chi connectivity index (χ0n) is 16.5. The molecular weight excluding hydrogens is 407 g/mol. The van der Waals surface area contributed by atoms with Gasteiger partial charge in [0.2, 0.25) is 0 Å². The maximum atomic E-state index is 12.6. The van der Waals surface area contributed by atoms with E-state index in [9.17, 15) is 13.2 Å². The van der Waals surface area contributed by atoms with Gasteiger partial charge in [-0.3, -0.25) is 0 Å². The molecule has 3 aromatic rings. The third-order valence-corrected chi connectivity index (χ3v) is 4.69. The normalized spacial score (nSPS) is 10.9. The number of halogens is 4. The van der Waals surface area contributed by atoms with E-state index >= 15 is 0 Å². The second-order valence-electron chi connectivity index (χ2n) is 6.86. The SMILES string of the molecule is Cl.FC(F)(F)c1ccc(CNCCCC=C(c2ccccc2)c2ccccc2)cc1. The monoisotopic (exact) mass is 431 g/mol. The van der Waals surface area contributed by atoms with Gasteiger partial charge in [0.05, 0.1) is 5.56 Å². The maximum absolute atomic E-state index is 12.6. The summed E-state index contributed by atoms with van der Waals surface area (Å²) in [6.07, 6.45) is -0.166. The van der Waals surface area contributed by atoms with Crippen molar-refractivity contribution in [1.29, 1.82) is 0 Å². The smallest absolute Gasteiger partial charge is 0.313 e. The van der Waals surface area contributed by atoms with Crippen molar-refractivity contribution in [3.8, 4) is 0 Å². The number of allylic oxidation sites excluding steroid dienone is 1. The lowest BCUT2D eigenvalue weighted by atomic mass is 9.96. The van der Waals surface area contributed by atoms with Crippen molar-refractivity contribution < 1.29 is 13.2 Å². The highest BCUT2D eigenvalue weighted by Gasteiger charge is 2.29. The Kier molecular flexibility index (Phi) is 9.15. The van der Waals surface area contributed by atoms with Gasteiger partial charge in [0, 0.05) is 6.54 Å². The second kappa shape index (κ2) is 11.6. The van der Waals surface area contributed by atoms with Crippen LogP contribution in [0.4, 0.5) is 13.2 Å². The van der Waals surface area contributed by atoms with Crippen LogP contribution in [-0.4, -0.2) is 6.54 Å². The van der Waals surface area contributed by atoms with E-state index in [0.29, 0.717) is 6.54 Å². The largest absolute Gasteiger partial charge is 0.416 e. The Balaban J connectivity index is 0.00000320. The minimum Gasteiger partial charge on any atom is -0.313 e. The molecule has 5 heteroatoms. The number of rotatable bonds is 8. The minimum atomic E-state index is -4.28. The average molecular weight is 432 g/mol. The molecular formula is C25H25ClF3N. The Morgan fingerprint density at radius 3 is 1.80 bits per heavy atom. The zero-order chi connectivity index (χ0) is 20.5. The van der Waals surface area contributed by atoms with Crippen molar-refractivity contribution in [2.45, 2.75) is 25.6 Å². The summed E-state index contributed by atoms with van der Waals surface area (Å²) in [4.78, 5) is 0. The molecule has 0 radical (unpaired) electrons. The molecule has 0 aromatic heterocycles. The zero-order valence-corrected chi connectivity index (χ0v) is 17.3. The van der Waals surface area contributed by atoms with E-state index in [-0.39, 0.29) is 12.4 Å². The summed E-state index contributed by atoms with van der Waals surface area (Å²) in [5, 5.41) is 3.30. The maximum Gasteiger partial charge on any atom is 0.416 e. The van der Waals surface area contributed by atoms with Crippen molar-refractivity contribution in [2.75, 3.05) is 6.54 Å². The lowest BCUT2D eigenvalue weighted by Gasteiger charge is -2.10. The molecule has 0 amide bonds. The van der Waals surface area contributed by atoms with E-state index in [1.54, 1.807) is 0 Å². The molecule has 3 aromatic carbocycles. The Hall–Kier alpha value is -2.56. The van der Waals surface area contributed by atoms with Crippen LogP contribution in [0.2, 0.25) is 0 Å². The predicted octanol–water partition coefficient (Wildman–Crippen LogP) is 7.13. The topological polar surface area (TPSA) is 12.0 Å². The van der Waals surface area contributed by atoms with Crippen molar-refractivity contribution in [1.82, 2.24) is 5.32 Å². The first-order chi connectivity index (χ1) is 14.0. The van der Waals surface area contributed by atoms with E-state index in [1.165, 1.54) is 28.8 Å². The van der Waals surface area contributed by atoms with Crippen LogP contribution < -0.4 is 5.32 Å². The van der Waals surface area contributed by atoms with Crippen LogP contribution in [0.15, 0.2) is 91.0 Å². The molecule has 0 aliphatic heterocycles. The lowest BCUT2D eigenvalue weighted by Crippen LogP contribution is -2.14. The highest BCUT2D eigenvalue weighted by atomic mass is 35.5. The molecule has 3 rings (SSSR count). The fourth-order valence-corrected chi connectivity index (χ4v) is 3.16. The van der Waals surface area contributed by atoms with Crippen molar-refractivity contribution >= 4 is 18.0 Å². The van der Waals surface area contributed by atoms with Crippen LogP contribution in [-0.2, 0) is 12.7 Å². The molecule has 0 fully saturated rings. The summed E-state index contributed by atoms with van der Waals surface area (Å²) in [6.45, 7) is 1.36. The first kappa shape index (κ1) is 23.7. The third kappa shape index (κ3) is 7.05. The predicted molar refractivity (Wildman–Crippen MR) is 120 cm³/mol. The van der Waals surface area contributed by atoms with Gasteiger partial charge in [0.15, 0.2) is 0 Å². The molecule has 0 unspecified atom stereocenters. The standard InChI is InChI=1S/C25H24F3N.ClH/c26-25(27,28)23-16-14-20(15-17-23)19-29-18-8-7-13-24(21-9-3-1-4-10-21)22-11-5-2-6-12-22;/h1-6,9-17,29H,7-8,18-19H2;1H. The molecule has 0 aliphatic carbocycles. The Bertz CT molecular complexity index is 863. The van der Waals surface area contributed by atoms with Gasteiger partial charge >= 0.3 is 6.18 Å². The third-order valence-electron chi connectivity index (χ3n) is 4.69. The molecule has 1 nitrogen and oxygen atoms in total. The molecule has 0 spiro atoms. The van der Waals surface area contributed by atoms with Gasteiger partial charge in [-0.1, -0.05) is 78.9 Å². The molecule has 0 atom stereocenters. The summed E-state index contributed by atoms with van der Waals surface area (Å²) in [5.41, 5.74) is 3.84. The Morgan fingerprint density at radius 2 is 1.30 bits per heavy atom. The van der Waals surface area contributed by atoms with Gasteiger partial charge in [-0.05, 0) is 53.8 Å². The number of nitrogens with one attached hydrogen (secondary N) is 1. The molecule has 158 valence electrons. The van der Waals surface area contributed by atoms with Crippen LogP contribution >= 0.6 is 12.4 Å². The highest BCUT2D eigenvalue weighted by molar-refractivity contribution is 5.85. The van der Waals surface area contributed by atoms with Gasteiger partial charge in [-0.25, -0.2) is 0 Å². The summed E-state index contributed by atoms with van der Waals surface area (Å²) in [7, 11) is 0. The van der Waals surface area contributed by atoms with Crippen LogP contribution in [0, 0.1) is 0 Å². The fraction of sp³-hybridized carbons (Fsp3) is 0.200. The number of alkyl halides is 3. The summed E-state index contributed by atoms with van der Waals surface area (Å²) in [6, 6.07) is 25.9. The van der Waals surface area contributed by atoms with E-state index in [2.05, 4.69) is 35.7 Å². The van der Waals surface area contributed by atoms with Gasteiger partial charge in [-0.2, -0.15) is 13.2 Å². The number of benzene rings is 3. The summed E-state index contributed by atoms with van der Waals surface area (Å²) >= 11 is 0. The van der Waals surface area contributed by atoms with E-state index in [4.69, 9.17) is 0 Å². The number of hydrogen-bond donors (Lipinski definition) is 1. The van der Waals surface area contributed by atoms with Crippen molar-refractivity contribution in [2.24, 2.45) is 0 Å². The summed E-state index contributed by atoms with van der Waals surface area (Å²) < 4.78 is 37.8. The molecule has 0 heterocycles. The Morgan fingerprint density at radius 1 is 0.767 bits per heavy atom. The van der Waals surface area contributed by atoms with Gasteiger partial charge in [0.25, 0.3) is 0 Å². The van der Waals surface area contributed by atoms with Crippen LogP contribution in [0.25, 0.3) is 5.57 Å². The second-order valence-corrected chi connectivity index (χ2v) is 6.86. The van der Waals surface area contributed by atoms with Gasteiger partial charge in [0.1, 0.15) is 0 Å². The first-order valence-corrected chi connectivity index (χ1v) is 9.72. The number of unbranched alkanes of at least 4 members (excludes halogenated alkanes) is 1. The minimum absolute atomic E-state index is 0. The molecule has 0 aliphatic rings. The molecule has 0 bridgehead atoms. The fourth-order valence-electron chi connectivity index (χ4n) is 3.16. The quantitative estimate of drug-likeness (QED) is 0.374. The molecule has 0 saturated carbocycles. The van der Waals surface area contributed by atoms with E-state index in [1.807, 2.05) is 36.4 Å². The molecule has 1 N–H and O–H groups in total. The molecule has 30 heavy (non-hydrogen) atoms. The first-order valence-electron chi connectivity index (χ1n) is 9.72. The van der Waals surface area contributed by atoms with Gasteiger partial charge in [-0.15, -0.1) is 12.4 Å². The average Bonchev–Trinajstić information content (AvgIpc) is 2.74. The highest BCUT2D eigenvalue weighted by Crippen LogP contribution is 2.29. The van der Waals surface area contributed by atoms with Crippen molar-refractivity contribution in [3.63, 3.8) is 0 Å². The lowest BCUT2D eigenvalue weighted by molar-refractivity contribution is -0.137. The van der Waals surface area contributed by atoms with Gasteiger partial charge < -0.3 is 5.32 Å². The van der Waals surface area contributed by atoms with Crippen LogP contribution in [0.5, 0.6) is 0 Å². The van der Waals surface area contributed by atoms with Crippen LogP contribution in [0.1, 0.15) is 35.1 Å². The van der Waals surface area contributed by atoms with Crippen molar-refractivity contribution in [3.05, 3.63) is 113 Å². The summed E-state index contributed by atoms with van der Waals surface area (Å²) in [5.74, 6) is 0. The molecule has 0 saturated heterocycles. The van der Waals surface area contributed by atoms with Crippen LogP contribution in [0.3, 0.4) is 0 Å². The number of hydrogen-bond acceptors (Lipinski definition) is 1. The van der Waals surface area contributed by atoms with E-state index in [0.717, 1.165) is 37.1 Å². The van der Waals surface area contributed by atoms with E-state index < -0.39 is 11.7 Å². The Labute approximate surface area is 182 Å².